The predicted octanol–water partition coefficient (Wildman–Crippen LogP) is 2.83. The van der Waals surface area contributed by atoms with Crippen LogP contribution in [0.3, 0.4) is 0 Å². The van der Waals surface area contributed by atoms with Crippen LogP contribution in [0.4, 0.5) is 0 Å². The standard InChI is InChI=1S/C17H16N2O3/c1-22-16-7-3-2-5-13(16)6-4-12-18-19-17(21)14-8-10-15(20)11-9-14/h2-12,20H,1H3,(H,19,21)/b6-4+,18-12?. The molecule has 0 unspecified atom stereocenters. The van der Waals surface area contributed by atoms with Gasteiger partial charge in [0.05, 0.1) is 7.11 Å². The first-order chi connectivity index (χ1) is 10.7. The molecule has 5 nitrogen and oxygen atoms in total. The highest BCUT2D eigenvalue weighted by Crippen LogP contribution is 2.18. The Morgan fingerprint density at radius 1 is 1.18 bits per heavy atom. The summed E-state index contributed by atoms with van der Waals surface area (Å²) in [4.78, 5) is 11.7. The van der Waals surface area contributed by atoms with E-state index in [-0.39, 0.29) is 11.7 Å². The molecule has 0 bridgehead atoms. The first-order valence-corrected chi connectivity index (χ1v) is 6.63. The minimum absolute atomic E-state index is 0.111. The number of hydrazone groups is 1. The van der Waals surface area contributed by atoms with Gasteiger partial charge in [0, 0.05) is 17.3 Å². The number of allylic oxidation sites excluding steroid dienone is 1. The van der Waals surface area contributed by atoms with E-state index in [4.69, 9.17) is 9.84 Å². The number of carbonyl (C=O) groups is 1. The Kier molecular flexibility index (Phi) is 5.31. The van der Waals surface area contributed by atoms with Crippen molar-refractivity contribution >= 4 is 18.2 Å². The fourth-order valence-corrected chi connectivity index (χ4v) is 1.77. The van der Waals surface area contributed by atoms with E-state index in [2.05, 4.69) is 10.5 Å². The lowest BCUT2D eigenvalue weighted by Gasteiger charge is -2.02. The van der Waals surface area contributed by atoms with E-state index < -0.39 is 0 Å². The normalized spacial score (nSPS) is 11.0. The molecular weight excluding hydrogens is 280 g/mol. The maximum Gasteiger partial charge on any atom is 0.271 e. The Bertz CT molecular complexity index is 691. The van der Waals surface area contributed by atoms with Crippen molar-refractivity contribution in [2.24, 2.45) is 5.10 Å². The van der Waals surface area contributed by atoms with Crippen LogP contribution in [0.15, 0.2) is 59.7 Å². The lowest BCUT2D eigenvalue weighted by atomic mass is 10.2. The number of nitrogens with zero attached hydrogens (tertiary/aromatic N) is 1. The number of benzene rings is 2. The van der Waals surface area contributed by atoms with Crippen LogP contribution in [0, 0.1) is 0 Å². The van der Waals surface area contributed by atoms with Crippen LogP contribution in [0.2, 0.25) is 0 Å². The van der Waals surface area contributed by atoms with Gasteiger partial charge in [0.2, 0.25) is 0 Å². The molecule has 0 radical (unpaired) electrons. The summed E-state index contributed by atoms with van der Waals surface area (Å²) in [5.74, 6) is 0.530. The van der Waals surface area contributed by atoms with E-state index in [9.17, 15) is 4.79 Å². The Labute approximate surface area is 128 Å². The molecule has 0 saturated carbocycles. The predicted molar refractivity (Wildman–Crippen MR) is 86.1 cm³/mol. The van der Waals surface area contributed by atoms with Gasteiger partial charge in [0.25, 0.3) is 5.91 Å². The topological polar surface area (TPSA) is 70.9 Å². The quantitative estimate of drug-likeness (QED) is 0.658. The number of aromatic hydroxyl groups is 1. The molecule has 2 aromatic carbocycles. The van der Waals surface area contributed by atoms with Gasteiger partial charge in [-0.05, 0) is 42.5 Å². The summed E-state index contributed by atoms with van der Waals surface area (Å²) >= 11 is 0. The van der Waals surface area contributed by atoms with Crippen LogP contribution < -0.4 is 10.2 Å². The fourth-order valence-electron chi connectivity index (χ4n) is 1.77. The largest absolute Gasteiger partial charge is 0.508 e. The Morgan fingerprint density at radius 2 is 1.91 bits per heavy atom. The number of rotatable bonds is 5. The average molecular weight is 296 g/mol. The van der Waals surface area contributed by atoms with Gasteiger partial charge < -0.3 is 9.84 Å². The van der Waals surface area contributed by atoms with Crippen molar-refractivity contribution in [2.45, 2.75) is 0 Å². The number of hydrogen-bond acceptors (Lipinski definition) is 4. The molecule has 112 valence electrons. The number of carbonyl (C=O) groups excluding carboxylic acids is 1. The van der Waals surface area contributed by atoms with Gasteiger partial charge in [0.1, 0.15) is 11.5 Å². The summed E-state index contributed by atoms with van der Waals surface area (Å²) in [6.45, 7) is 0. The summed E-state index contributed by atoms with van der Waals surface area (Å²) in [5, 5.41) is 13.0. The summed E-state index contributed by atoms with van der Waals surface area (Å²) in [5.41, 5.74) is 3.74. The van der Waals surface area contributed by atoms with Crippen molar-refractivity contribution in [2.75, 3.05) is 7.11 Å². The fraction of sp³-hybridized carbons (Fsp3) is 0.0588. The van der Waals surface area contributed by atoms with Crippen molar-refractivity contribution in [3.63, 3.8) is 0 Å². The molecule has 0 saturated heterocycles. The van der Waals surface area contributed by atoms with E-state index in [0.29, 0.717) is 5.56 Å². The number of ether oxygens (including phenoxy) is 1. The molecule has 0 spiro atoms. The van der Waals surface area contributed by atoms with Gasteiger partial charge in [-0.3, -0.25) is 4.79 Å². The number of methoxy groups -OCH3 is 1. The number of nitrogens with one attached hydrogen (secondary N) is 1. The molecule has 0 aromatic heterocycles. The summed E-state index contributed by atoms with van der Waals surface area (Å²) in [7, 11) is 1.61. The zero-order valence-electron chi connectivity index (χ0n) is 12.1. The first kappa shape index (κ1) is 15.3. The number of phenolic OH excluding ortho intramolecular Hbond substituents is 1. The van der Waals surface area contributed by atoms with E-state index in [0.717, 1.165) is 11.3 Å². The number of para-hydroxylation sites is 1. The third-order valence-electron chi connectivity index (χ3n) is 2.87. The van der Waals surface area contributed by atoms with Gasteiger partial charge in [-0.2, -0.15) is 5.10 Å². The van der Waals surface area contributed by atoms with Crippen molar-refractivity contribution in [3.8, 4) is 11.5 Å². The second-order valence-corrected chi connectivity index (χ2v) is 4.37. The smallest absolute Gasteiger partial charge is 0.271 e. The number of amides is 1. The number of hydrogen-bond donors (Lipinski definition) is 2. The minimum Gasteiger partial charge on any atom is -0.508 e. The third kappa shape index (κ3) is 4.21. The van der Waals surface area contributed by atoms with E-state index >= 15 is 0 Å². The third-order valence-corrected chi connectivity index (χ3v) is 2.87. The SMILES string of the molecule is COc1ccccc1/C=C/C=NNC(=O)c1ccc(O)cc1. The molecule has 1 amide bonds. The number of phenols is 1. The zero-order chi connectivity index (χ0) is 15.8. The van der Waals surface area contributed by atoms with Crippen molar-refractivity contribution in [1.82, 2.24) is 5.43 Å². The molecule has 2 N–H and O–H groups in total. The summed E-state index contributed by atoms with van der Waals surface area (Å²) < 4.78 is 5.22. The Balaban J connectivity index is 1.91. The van der Waals surface area contributed by atoms with Gasteiger partial charge >= 0.3 is 0 Å². The highest BCUT2D eigenvalue weighted by Gasteiger charge is 2.02. The Morgan fingerprint density at radius 3 is 2.64 bits per heavy atom. The zero-order valence-corrected chi connectivity index (χ0v) is 12.1. The maximum atomic E-state index is 11.7. The van der Waals surface area contributed by atoms with E-state index in [1.54, 1.807) is 13.2 Å². The average Bonchev–Trinajstić information content (AvgIpc) is 2.55. The first-order valence-electron chi connectivity index (χ1n) is 6.63. The molecule has 2 rings (SSSR count). The molecule has 0 atom stereocenters. The lowest BCUT2D eigenvalue weighted by Crippen LogP contribution is -2.16. The molecule has 5 heteroatoms. The monoisotopic (exact) mass is 296 g/mol. The summed E-state index contributed by atoms with van der Waals surface area (Å²) in [6, 6.07) is 13.5. The molecule has 2 aromatic rings. The van der Waals surface area contributed by atoms with Crippen molar-refractivity contribution < 1.29 is 14.6 Å². The molecular formula is C17H16N2O3. The highest BCUT2D eigenvalue weighted by molar-refractivity contribution is 5.94. The Hall–Kier alpha value is -3.08. The van der Waals surface area contributed by atoms with Gasteiger partial charge in [0.15, 0.2) is 0 Å². The van der Waals surface area contributed by atoms with Crippen LogP contribution in [-0.2, 0) is 0 Å². The van der Waals surface area contributed by atoms with E-state index in [1.807, 2.05) is 30.3 Å². The second kappa shape index (κ2) is 7.64. The van der Waals surface area contributed by atoms with Crippen LogP contribution in [0.1, 0.15) is 15.9 Å². The van der Waals surface area contributed by atoms with E-state index in [1.165, 1.54) is 30.5 Å². The van der Waals surface area contributed by atoms with Crippen molar-refractivity contribution in [1.29, 1.82) is 0 Å². The molecule has 22 heavy (non-hydrogen) atoms. The molecule has 0 fully saturated rings. The molecule has 0 aliphatic rings. The second-order valence-electron chi connectivity index (χ2n) is 4.37. The van der Waals surface area contributed by atoms with Crippen molar-refractivity contribution in [3.05, 3.63) is 65.7 Å². The van der Waals surface area contributed by atoms with Gasteiger partial charge in [-0.25, -0.2) is 5.43 Å². The molecule has 0 aliphatic heterocycles. The maximum absolute atomic E-state index is 11.7. The lowest BCUT2D eigenvalue weighted by molar-refractivity contribution is 0.0955. The molecule has 0 aliphatic carbocycles. The van der Waals surface area contributed by atoms with Gasteiger partial charge in [-0.15, -0.1) is 0 Å². The van der Waals surface area contributed by atoms with Crippen LogP contribution in [0.25, 0.3) is 6.08 Å². The van der Waals surface area contributed by atoms with Crippen LogP contribution >= 0.6 is 0 Å². The molecule has 0 heterocycles. The van der Waals surface area contributed by atoms with Crippen LogP contribution in [0.5, 0.6) is 11.5 Å². The van der Waals surface area contributed by atoms with Crippen LogP contribution in [-0.4, -0.2) is 24.3 Å². The summed E-state index contributed by atoms with van der Waals surface area (Å²) in [6.07, 6.45) is 5.01. The minimum atomic E-state index is -0.345. The highest BCUT2D eigenvalue weighted by atomic mass is 16.5. The van der Waals surface area contributed by atoms with Gasteiger partial charge in [-0.1, -0.05) is 18.2 Å².